The van der Waals surface area contributed by atoms with Gasteiger partial charge in [0.2, 0.25) is 23.6 Å². The van der Waals surface area contributed by atoms with Crippen LogP contribution >= 0.6 is 23.1 Å². The molecule has 0 radical (unpaired) electrons. The fraction of sp³-hybridized carbons (Fsp3) is 0.265. The van der Waals surface area contributed by atoms with Crippen molar-refractivity contribution in [3.63, 3.8) is 0 Å². The van der Waals surface area contributed by atoms with Crippen LogP contribution in [0.4, 0.5) is 5.13 Å². The van der Waals surface area contributed by atoms with Crippen molar-refractivity contribution < 1.29 is 34.5 Å². The van der Waals surface area contributed by atoms with Gasteiger partial charge >= 0.3 is 0 Å². The van der Waals surface area contributed by atoms with E-state index in [-0.39, 0.29) is 42.3 Å². The number of nitrogens with zero attached hydrogens (tertiary/aromatic N) is 1. The molecule has 0 aliphatic carbocycles. The summed E-state index contributed by atoms with van der Waals surface area (Å²) in [6.07, 6.45) is 0.206. The Bertz CT molecular complexity index is 1770. The van der Waals surface area contributed by atoms with Crippen LogP contribution in [0.25, 0.3) is 0 Å². The highest BCUT2D eigenvalue weighted by Crippen LogP contribution is 2.23. The Morgan fingerprint density at radius 3 is 1.51 bits per heavy atom. The number of rotatable bonds is 7. The van der Waals surface area contributed by atoms with E-state index in [1.165, 1.54) is 59.5 Å². The first kappa shape index (κ1) is 35.0. The maximum atomic E-state index is 14.0. The van der Waals surface area contributed by atoms with E-state index in [9.17, 15) is 34.5 Å². The van der Waals surface area contributed by atoms with Gasteiger partial charge in [-0.1, -0.05) is 36.4 Å². The second-order valence-corrected chi connectivity index (χ2v) is 13.4. The number of amides is 4. The minimum atomic E-state index is -1.19. The molecule has 0 fully saturated rings. The number of thiazole rings is 1. The van der Waals surface area contributed by atoms with Crippen molar-refractivity contribution >= 4 is 51.9 Å². The number of fused-ring (bicyclic) bond motifs is 2. The van der Waals surface area contributed by atoms with Gasteiger partial charge in [0.05, 0.1) is 5.69 Å². The van der Waals surface area contributed by atoms with E-state index in [0.29, 0.717) is 27.7 Å². The topological polar surface area (TPSA) is 216 Å². The van der Waals surface area contributed by atoms with Crippen molar-refractivity contribution in [1.29, 1.82) is 0 Å². The number of thioether (sulfide) groups is 1. The first-order valence-electron chi connectivity index (χ1n) is 15.3. The molecule has 0 saturated heterocycles. The smallest absolute Gasteiger partial charge is 0.243 e. The highest BCUT2D eigenvalue weighted by atomic mass is 32.2. The van der Waals surface area contributed by atoms with Crippen molar-refractivity contribution in [1.82, 2.24) is 20.9 Å². The van der Waals surface area contributed by atoms with Gasteiger partial charge in [-0.15, -0.1) is 11.3 Å². The number of aromatic nitrogens is 1. The number of primary amides is 1. The molecule has 4 atom stereocenters. The summed E-state index contributed by atoms with van der Waals surface area (Å²) in [6.45, 7) is 0. The number of carbonyl (C=O) groups excluding carboxylic acids is 4. The van der Waals surface area contributed by atoms with Crippen LogP contribution in [-0.2, 0) is 44.2 Å². The van der Waals surface area contributed by atoms with Crippen molar-refractivity contribution in [2.24, 2.45) is 5.73 Å². The molecule has 0 saturated carbocycles. The molecule has 1 aliphatic rings. The third-order valence-electron chi connectivity index (χ3n) is 7.75. The number of phenols is 3. The van der Waals surface area contributed by atoms with Crippen LogP contribution in [0.1, 0.15) is 22.4 Å². The van der Waals surface area contributed by atoms with Gasteiger partial charge in [-0.3, -0.25) is 19.2 Å². The summed E-state index contributed by atoms with van der Waals surface area (Å²) in [7, 11) is 0. The summed E-state index contributed by atoms with van der Waals surface area (Å²) in [5.74, 6) is -1.92. The summed E-state index contributed by atoms with van der Waals surface area (Å²) in [5.41, 5.74) is 8.33. The number of benzene rings is 3. The Morgan fingerprint density at radius 2 is 1.08 bits per heavy atom. The minimum Gasteiger partial charge on any atom is -0.508 e. The van der Waals surface area contributed by atoms with Gasteiger partial charge in [0.1, 0.15) is 41.4 Å². The number of hydrogen-bond donors (Lipinski definition) is 8. The molecule has 1 aromatic heterocycles. The summed E-state index contributed by atoms with van der Waals surface area (Å²) in [5, 5.41) is 43.1. The second-order valence-electron chi connectivity index (χ2n) is 11.6. The molecule has 4 amide bonds. The fourth-order valence-electron chi connectivity index (χ4n) is 5.11. The number of aromatic hydroxyl groups is 3. The fourth-order valence-corrected chi connectivity index (χ4v) is 6.94. The van der Waals surface area contributed by atoms with Crippen LogP contribution in [0.5, 0.6) is 17.2 Å². The highest BCUT2D eigenvalue weighted by molar-refractivity contribution is 7.98. The van der Waals surface area contributed by atoms with Crippen molar-refractivity contribution in [3.8, 4) is 17.2 Å². The third-order valence-corrected chi connectivity index (χ3v) is 9.65. The number of carbonyl (C=O) groups is 4. The molecule has 5 rings (SSSR count). The molecular weight excluding hydrogens is 669 g/mol. The zero-order valence-corrected chi connectivity index (χ0v) is 27.8. The van der Waals surface area contributed by atoms with E-state index in [4.69, 9.17) is 5.73 Å². The lowest BCUT2D eigenvalue weighted by molar-refractivity contribution is -0.133. The summed E-state index contributed by atoms with van der Waals surface area (Å²) >= 11 is 2.63. The van der Waals surface area contributed by atoms with Gasteiger partial charge in [-0.2, -0.15) is 11.8 Å². The standard InChI is InChI=1S/C34H36N6O7S2/c35-30(44)29-18-48-16-22-17-49-34(36-22)40-28(15-21-5-11-25(43)12-6-21)33(47)38-26(13-19-1-7-23(41)8-2-19)31(45)37-27(32(46)39-29)14-20-3-9-24(42)10-4-20/h1-12,17,26-29,41-43H,13-16,18H2,(H2,35,44)(H,36,40)(H,37,45)(H,38,47)(H,39,46)/t26-,27-,28-,29-/m0/s1. The number of nitrogens with one attached hydrogen (secondary N) is 4. The van der Waals surface area contributed by atoms with Crippen molar-refractivity contribution in [2.45, 2.75) is 49.2 Å². The van der Waals surface area contributed by atoms with Crippen LogP contribution in [0, 0.1) is 0 Å². The Labute approximate surface area is 290 Å². The predicted molar refractivity (Wildman–Crippen MR) is 186 cm³/mol. The van der Waals surface area contributed by atoms with Gasteiger partial charge in [-0.05, 0) is 53.1 Å². The van der Waals surface area contributed by atoms with Crippen molar-refractivity contribution in [2.75, 3.05) is 11.1 Å². The van der Waals surface area contributed by atoms with Crippen molar-refractivity contribution in [3.05, 3.63) is 101 Å². The Morgan fingerprint density at radius 1 is 0.673 bits per heavy atom. The molecule has 2 heterocycles. The number of nitrogens with two attached hydrogens (primary N) is 1. The maximum Gasteiger partial charge on any atom is 0.243 e. The average molecular weight is 705 g/mol. The third kappa shape index (κ3) is 10.1. The van der Waals surface area contributed by atoms with Crippen LogP contribution in [0.2, 0.25) is 0 Å². The number of anilines is 1. The van der Waals surface area contributed by atoms with E-state index in [1.807, 2.05) is 5.38 Å². The van der Waals surface area contributed by atoms with E-state index in [2.05, 4.69) is 26.3 Å². The highest BCUT2D eigenvalue weighted by Gasteiger charge is 2.32. The lowest BCUT2D eigenvalue weighted by Gasteiger charge is -2.26. The molecule has 9 N–H and O–H groups in total. The SMILES string of the molecule is NC(=O)[C@@H]1CSCc2csc(n2)N[C@@H](Cc2ccc(O)cc2)C(=O)N[C@@H](Cc2ccc(O)cc2)C(=O)N[C@@H](Cc2ccc(O)cc2)C(=O)N1. The van der Waals surface area contributed by atoms with Gasteiger partial charge in [0.15, 0.2) is 5.13 Å². The average Bonchev–Trinajstić information content (AvgIpc) is 3.52. The van der Waals surface area contributed by atoms with Crippen LogP contribution in [0.15, 0.2) is 78.2 Å². The zero-order chi connectivity index (χ0) is 34.9. The molecule has 2 bridgehead atoms. The molecule has 4 aromatic rings. The van der Waals surface area contributed by atoms with Gasteiger partial charge < -0.3 is 42.3 Å². The maximum absolute atomic E-state index is 14.0. The molecule has 256 valence electrons. The van der Waals surface area contributed by atoms with Gasteiger partial charge in [0, 0.05) is 36.1 Å². The van der Waals surface area contributed by atoms with E-state index < -0.39 is 47.8 Å². The lowest BCUT2D eigenvalue weighted by atomic mass is 10.0. The molecule has 0 spiro atoms. The molecular formula is C34H36N6O7S2. The quantitative estimate of drug-likeness (QED) is 0.140. The number of hydrogen-bond acceptors (Lipinski definition) is 11. The van der Waals surface area contributed by atoms with Gasteiger partial charge in [-0.25, -0.2) is 4.98 Å². The zero-order valence-electron chi connectivity index (χ0n) is 26.2. The largest absolute Gasteiger partial charge is 0.508 e. The predicted octanol–water partition coefficient (Wildman–Crippen LogP) is 1.95. The van der Waals surface area contributed by atoms with Gasteiger partial charge in [0.25, 0.3) is 0 Å². The van der Waals surface area contributed by atoms with E-state index in [1.54, 1.807) is 36.4 Å². The molecule has 1 aliphatic heterocycles. The van der Waals surface area contributed by atoms with E-state index >= 15 is 0 Å². The second kappa shape index (κ2) is 16.2. The summed E-state index contributed by atoms with van der Waals surface area (Å²) in [6, 6.07) is 14.4. The molecule has 0 unspecified atom stereocenters. The first-order chi connectivity index (χ1) is 23.5. The minimum absolute atomic E-state index is 0.00267. The summed E-state index contributed by atoms with van der Waals surface area (Å²) in [4.78, 5) is 58.7. The van der Waals surface area contributed by atoms with Crippen LogP contribution in [0.3, 0.4) is 0 Å². The Hall–Kier alpha value is -5.28. The molecule has 13 nitrogen and oxygen atoms in total. The van der Waals surface area contributed by atoms with E-state index in [0.717, 1.165) is 5.56 Å². The lowest BCUT2D eigenvalue weighted by Crippen LogP contribution is -2.58. The normalized spacial score (nSPS) is 20.6. The monoisotopic (exact) mass is 704 g/mol. The molecule has 15 heteroatoms. The number of phenolic OH excluding ortho intramolecular Hbond substituents is 3. The molecule has 3 aromatic carbocycles. The molecule has 49 heavy (non-hydrogen) atoms. The van der Waals surface area contributed by atoms with Crippen LogP contribution in [-0.4, -0.2) is 73.9 Å². The van der Waals surface area contributed by atoms with Crippen LogP contribution < -0.4 is 27.0 Å². The Balaban J connectivity index is 1.50. The Kier molecular flexibility index (Phi) is 11.6. The summed E-state index contributed by atoms with van der Waals surface area (Å²) < 4.78 is 0. The first-order valence-corrected chi connectivity index (χ1v) is 17.4.